The lowest BCUT2D eigenvalue weighted by atomic mass is 9.88. The van der Waals surface area contributed by atoms with Crippen LogP contribution in [0.4, 0.5) is 0 Å². The van der Waals surface area contributed by atoms with E-state index in [0.717, 1.165) is 6.42 Å². The Bertz CT molecular complexity index is 314. The molecule has 2 unspecified atom stereocenters. The van der Waals surface area contributed by atoms with Crippen LogP contribution in [0, 0.1) is 11.8 Å². The molecule has 1 saturated heterocycles. The number of amides is 2. The van der Waals surface area contributed by atoms with Crippen molar-refractivity contribution in [2.45, 2.75) is 90.9 Å². The van der Waals surface area contributed by atoms with Crippen molar-refractivity contribution in [3.8, 4) is 0 Å². The van der Waals surface area contributed by atoms with Crippen LogP contribution < -0.4 is 5.32 Å². The topological polar surface area (TPSA) is 46.2 Å². The standard InChI is InChI=1S/C18H33NO2/c1-3-4-5-6-7-8-9-10-11-12-13-15(2)16-14-17(20)19-18(16)21/h15-16H,3-14H2,1-2H3,(H,19,20,21). The third-order valence-electron chi connectivity index (χ3n) is 4.70. The van der Waals surface area contributed by atoms with Crippen LogP contribution in [0.1, 0.15) is 90.9 Å². The summed E-state index contributed by atoms with van der Waals surface area (Å²) in [6.45, 7) is 4.36. The highest BCUT2D eigenvalue weighted by atomic mass is 16.2. The molecule has 1 aliphatic rings. The van der Waals surface area contributed by atoms with Gasteiger partial charge in [0.05, 0.1) is 0 Å². The molecule has 0 bridgehead atoms. The lowest BCUT2D eigenvalue weighted by molar-refractivity contribution is -0.126. The highest BCUT2D eigenvalue weighted by Gasteiger charge is 2.34. The number of hydrogen-bond donors (Lipinski definition) is 1. The third kappa shape index (κ3) is 7.63. The fourth-order valence-corrected chi connectivity index (χ4v) is 3.19. The number of rotatable bonds is 12. The molecule has 0 spiro atoms. The Morgan fingerprint density at radius 3 is 1.95 bits per heavy atom. The van der Waals surface area contributed by atoms with Gasteiger partial charge < -0.3 is 0 Å². The Hall–Kier alpha value is -0.860. The number of carbonyl (C=O) groups excluding carboxylic acids is 2. The molecular weight excluding hydrogens is 262 g/mol. The molecular formula is C18H33NO2. The van der Waals surface area contributed by atoms with E-state index in [2.05, 4.69) is 19.2 Å². The van der Waals surface area contributed by atoms with Crippen molar-refractivity contribution in [2.75, 3.05) is 0 Å². The Morgan fingerprint density at radius 2 is 1.48 bits per heavy atom. The van der Waals surface area contributed by atoms with Crippen molar-refractivity contribution in [1.82, 2.24) is 5.32 Å². The first-order valence-electron chi connectivity index (χ1n) is 8.98. The van der Waals surface area contributed by atoms with Gasteiger partial charge in [-0.25, -0.2) is 0 Å². The lowest BCUT2D eigenvalue weighted by Crippen LogP contribution is -2.25. The number of nitrogens with one attached hydrogen (secondary N) is 1. The number of imide groups is 1. The molecule has 0 aromatic carbocycles. The van der Waals surface area contributed by atoms with Crippen molar-refractivity contribution in [3.05, 3.63) is 0 Å². The fraction of sp³-hybridized carbons (Fsp3) is 0.889. The van der Waals surface area contributed by atoms with Crippen LogP contribution >= 0.6 is 0 Å². The van der Waals surface area contributed by atoms with E-state index in [0.29, 0.717) is 12.3 Å². The summed E-state index contributed by atoms with van der Waals surface area (Å²) in [4.78, 5) is 22.8. The van der Waals surface area contributed by atoms with Gasteiger partial charge in [-0.3, -0.25) is 14.9 Å². The van der Waals surface area contributed by atoms with E-state index in [9.17, 15) is 9.59 Å². The summed E-state index contributed by atoms with van der Waals surface area (Å²) >= 11 is 0. The van der Waals surface area contributed by atoms with Crippen molar-refractivity contribution in [3.63, 3.8) is 0 Å². The molecule has 1 heterocycles. The summed E-state index contributed by atoms with van der Waals surface area (Å²) in [7, 11) is 0. The average molecular weight is 295 g/mol. The maximum atomic E-state index is 11.6. The highest BCUT2D eigenvalue weighted by Crippen LogP contribution is 2.25. The van der Waals surface area contributed by atoms with E-state index in [1.807, 2.05) is 0 Å². The van der Waals surface area contributed by atoms with Crippen molar-refractivity contribution >= 4 is 11.8 Å². The number of carbonyl (C=O) groups is 2. The van der Waals surface area contributed by atoms with Gasteiger partial charge in [-0.1, -0.05) is 78.1 Å². The molecule has 2 atom stereocenters. The Balaban J connectivity index is 1.92. The fourth-order valence-electron chi connectivity index (χ4n) is 3.19. The van der Waals surface area contributed by atoms with Crippen LogP contribution in [0.2, 0.25) is 0 Å². The van der Waals surface area contributed by atoms with E-state index in [1.165, 1.54) is 64.2 Å². The first-order chi connectivity index (χ1) is 10.1. The van der Waals surface area contributed by atoms with E-state index >= 15 is 0 Å². The van der Waals surface area contributed by atoms with E-state index < -0.39 is 0 Å². The Labute approximate surface area is 130 Å². The largest absolute Gasteiger partial charge is 0.296 e. The summed E-state index contributed by atoms with van der Waals surface area (Å²) in [6.07, 6.45) is 14.9. The normalized spacial score (nSPS) is 19.8. The monoisotopic (exact) mass is 295 g/mol. The van der Waals surface area contributed by atoms with E-state index in [4.69, 9.17) is 0 Å². The second kappa shape index (κ2) is 10.8. The number of unbranched alkanes of at least 4 members (excludes halogenated alkanes) is 9. The molecule has 0 aliphatic carbocycles. The smallest absolute Gasteiger partial charge is 0.230 e. The van der Waals surface area contributed by atoms with Gasteiger partial charge in [-0.05, 0) is 12.3 Å². The zero-order valence-corrected chi connectivity index (χ0v) is 14.0. The lowest BCUT2D eigenvalue weighted by Gasteiger charge is -2.15. The van der Waals surface area contributed by atoms with Gasteiger partial charge in [-0.15, -0.1) is 0 Å². The summed E-state index contributed by atoms with van der Waals surface area (Å²) in [6, 6.07) is 0. The first kappa shape index (κ1) is 18.2. The van der Waals surface area contributed by atoms with Gasteiger partial charge in [0.25, 0.3) is 0 Å². The van der Waals surface area contributed by atoms with Crippen LogP contribution in [0.25, 0.3) is 0 Å². The summed E-state index contributed by atoms with van der Waals surface area (Å²) < 4.78 is 0. The molecule has 21 heavy (non-hydrogen) atoms. The second-order valence-corrected chi connectivity index (χ2v) is 6.67. The average Bonchev–Trinajstić information content (AvgIpc) is 2.79. The third-order valence-corrected chi connectivity index (χ3v) is 4.70. The highest BCUT2D eigenvalue weighted by molar-refractivity contribution is 6.03. The molecule has 0 aromatic rings. The SMILES string of the molecule is CCCCCCCCCCCCC(C)C1CC(=O)NC1=O. The summed E-state index contributed by atoms with van der Waals surface area (Å²) in [5.74, 6) is 0.112. The zero-order chi connectivity index (χ0) is 15.5. The molecule has 1 rings (SSSR count). The van der Waals surface area contributed by atoms with Crippen molar-refractivity contribution in [2.24, 2.45) is 11.8 Å². The van der Waals surface area contributed by atoms with Gasteiger partial charge in [0.1, 0.15) is 0 Å². The van der Waals surface area contributed by atoms with Crippen LogP contribution in [0.5, 0.6) is 0 Å². The van der Waals surface area contributed by atoms with Crippen LogP contribution in [0.15, 0.2) is 0 Å². The Morgan fingerprint density at radius 1 is 0.952 bits per heavy atom. The summed E-state index contributed by atoms with van der Waals surface area (Å²) in [5.41, 5.74) is 0. The summed E-state index contributed by atoms with van der Waals surface area (Å²) in [5, 5.41) is 2.41. The van der Waals surface area contributed by atoms with Crippen LogP contribution in [-0.4, -0.2) is 11.8 Å². The minimum Gasteiger partial charge on any atom is -0.296 e. The zero-order valence-electron chi connectivity index (χ0n) is 14.0. The predicted octanol–water partition coefficient (Wildman–Crippen LogP) is 4.60. The quantitative estimate of drug-likeness (QED) is 0.422. The maximum absolute atomic E-state index is 11.6. The first-order valence-corrected chi connectivity index (χ1v) is 8.98. The molecule has 1 N–H and O–H groups in total. The van der Waals surface area contributed by atoms with Gasteiger partial charge >= 0.3 is 0 Å². The number of hydrogen-bond acceptors (Lipinski definition) is 2. The molecule has 3 heteroatoms. The minimum absolute atomic E-state index is 0.0559. The van der Waals surface area contributed by atoms with Crippen molar-refractivity contribution < 1.29 is 9.59 Å². The predicted molar refractivity (Wildman–Crippen MR) is 86.9 cm³/mol. The van der Waals surface area contributed by atoms with Crippen LogP contribution in [0.3, 0.4) is 0 Å². The minimum atomic E-state index is -0.0973. The molecule has 1 fully saturated rings. The van der Waals surface area contributed by atoms with E-state index in [1.54, 1.807) is 0 Å². The molecule has 0 aromatic heterocycles. The molecule has 122 valence electrons. The van der Waals surface area contributed by atoms with Crippen LogP contribution in [-0.2, 0) is 9.59 Å². The van der Waals surface area contributed by atoms with Gasteiger partial charge in [0.2, 0.25) is 11.8 Å². The molecule has 1 aliphatic heterocycles. The molecule has 0 radical (unpaired) electrons. The Kier molecular flexibility index (Phi) is 9.36. The van der Waals surface area contributed by atoms with Gasteiger partial charge in [0.15, 0.2) is 0 Å². The van der Waals surface area contributed by atoms with E-state index in [-0.39, 0.29) is 17.7 Å². The molecule has 2 amide bonds. The van der Waals surface area contributed by atoms with Crippen molar-refractivity contribution in [1.29, 1.82) is 0 Å². The molecule has 3 nitrogen and oxygen atoms in total. The van der Waals surface area contributed by atoms with Gasteiger partial charge in [0, 0.05) is 12.3 Å². The maximum Gasteiger partial charge on any atom is 0.230 e. The molecule has 0 saturated carbocycles. The van der Waals surface area contributed by atoms with Gasteiger partial charge in [-0.2, -0.15) is 0 Å². The second-order valence-electron chi connectivity index (χ2n) is 6.67.